The van der Waals surface area contributed by atoms with Gasteiger partial charge in [0, 0.05) is 12.2 Å². The minimum Gasteiger partial charge on any atom is -0.383 e. The second kappa shape index (κ2) is 4.05. The molecule has 0 aromatic heterocycles. The molecule has 1 unspecified atom stereocenters. The van der Waals surface area contributed by atoms with Crippen LogP contribution in [0.25, 0.3) is 0 Å². The zero-order valence-corrected chi connectivity index (χ0v) is 8.88. The normalized spacial score (nSPS) is 24.9. The average Bonchev–Trinajstić information content (AvgIpc) is 2.70. The molecule has 0 saturated heterocycles. The fraction of sp³-hybridized carbons (Fsp3) is 0.364. The Morgan fingerprint density at radius 2 is 2.29 bits per heavy atom. The van der Waals surface area contributed by atoms with Crippen molar-refractivity contribution in [2.75, 3.05) is 12.0 Å². The number of nitrogens with zero attached hydrogens (tertiary/aromatic N) is 1. The molecular formula is C11H12NOS. The number of hydrogen-bond donors (Lipinski definition) is 0. The van der Waals surface area contributed by atoms with Crippen LogP contribution < -0.4 is 0 Å². The van der Waals surface area contributed by atoms with Gasteiger partial charge in [0.25, 0.3) is 0 Å². The highest BCUT2D eigenvalue weighted by Gasteiger charge is 2.37. The van der Waals surface area contributed by atoms with Crippen LogP contribution in [-0.4, -0.2) is 18.2 Å². The van der Waals surface area contributed by atoms with Crippen LogP contribution in [0, 0.1) is 0 Å². The zero-order valence-electron chi connectivity index (χ0n) is 8.06. The van der Waals surface area contributed by atoms with Crippen molar-refractivity contribution in [1.29, 1.82) is 0 Å². The minimum atomic E-state index is -0.277. The van der Waals surface area contributed by atoms with Crippen molar-refractivity contribution in [3.8, 4) is 0 Å². The molecule has 1 aromatic rings. The number of thioether (sulfide) groups is 1. The fourth-order valence-corrected chi connectivity index (χ4v) is 2.39. The van der Waals surface area contributed by atoms with Crippen LogP contribution in [0.5, 0.6) is 0 Å². The molecule has 1 aromatic carbocycles. The van der Waals surface area contributed by atoms with Gasteiger partial charge < -0.3 is 4.84 Å². The molecule has 1 aliphatic heterocycles. The van der Waals surface area contributed by atoms with E-state index in [0.29, 0.717) is 0 Å². The first kappa shape index (κ1) is 9.59. The molecule has 1 aliphatic rings. The van der Waals surface area contributed by atoms with E-state index in [9.17, 15) is 0 Å². The Hall–Kier alpha value is -0.960. The van der Waals surface area contributed by atoms with Gasteiger partial charge >= 0.3 is 0 Å². The maximum Gasteiger partial charge on any atom is 0.177 e. The molecule has 2 nitrogen and oxygen atoms in total. The van der Waals surface area contributed by atoms with Gasteiger partial charge in [0.05, 0.1) is 0 Å². The molecule has 0 amide bonds. The summed E-state index contributed by atoms with van der Waals surface area (Å²) in [4.78, 5) is 5.46. The molecule has 0 aliphatic carbocycles. The first-order valence-corrected chi connectivity index (χ1v) is 5.92. The van der Waals surface area contributed by atoms with Gasteiger partial charge in [-0.1, -0.05) is 35.5 Å². The van der Waals surface area contributed by atoms with E-state index in [1.807, 2.05) is 18.2 Å². The number of benzene rings is 1. The Morgan fingerprint density at radius 3 is 2.86 bits per heavy atom. The molecule has 1 radical (unpaired) electrons. The van der Waals surface area contributed by atoms with Crippen molar-refractivity contribution in [3.63, 3.8) is 0 Å². The van der Waals surface area contributed by atoms with E-state index < -0.39 is 0 Å². The number of hydrogen-bond acceptors (Lipinski definition) is 3. The second-order valence-electron chi connectivity index (χ2n) is 3.31. The maximum atomic E-state index is 5.46. The molecule has 14 heavy (non-hydrogen) atoms. The van der Waals surface area contributed by atoms with E-state index in [0.717, 1.165) is 12.2 Å². The van der Waals surface area contributed by atoms with Crippen molar-refractivity contribution < 1.29 is 4.84 Å². The monoisotopic (exact) mass is 206 g/mol. The third-order valence-electron chi connectivity index (χ3n) is 2.33. The van der Waals surface area contributed by atoms with Crippen molar-refractivity contribution in [1.82, 2.24) is 0 Å². The molecule has 0 fully saturated rings. The molecule has 0 bridgehead atoms. The van der Waals surface area contributed by atoms with Gasteiger partial charge in [-0.25, -0.2) is 0 Å². The summed E-state index contributed by atoms with van der Waals surface area (Å²) in [5, 5.41) is 3.77. The summed E-state index contributed by atoms with van der Waals surface area (Å²) in [6, 6.07) is 10.2. The van der Waals surface area contributed by atoms with Gasteiger partial charge in [-0.05, 0) is 11.8 Å². The molecule has 0 saturated carbocycles. The van der Waals surface area contributed by atoms with Gasteiger partial charge in [-0.3, -0.25) is 0 Å². The quantitative estimate of drug-likeness (QED) is 0.758. The van der Waals surface area contributed by atoms with Crippen molar-refractivity contribution in [3.05, 3.63) is 35.9 Å². The first-order chi connectivity index (χ1) is 6.87. The molecular weight excluding hydrogens is 194 g/mol. The summed E-state index contributed by atoms with van der Waals surface area (Å²) in [6.07, 6.45) is 5.71. The van der Waals surface area contributed by atoms with E-state index in [2.05, 4.69) is 29.8 Å². The molecule has 1 atom stereocenters. The third-order valence-corrected chi connectivity index (χ3v) is 3.08. The molecule has 73 valence electrons. The lowest BCUT2D eigenvalue weighted by Crippen LogP contribution is -2.28. The van der Waals surface area contributed by atoms with Crippen LogP contribution in [0.1, 0.15) is 12.0 Å². The average molecular weight is 206 g/mol. The predicted octanol–water partition coefficient (Wildman–Crippen LogP) is 2.53. The van der Waals surface area contributed by atoms with Gasteiger partial charge in [-0.15, -0.1) is 0 Å². The molecule has 1 heterocycles. The Balaban J connectivity index is 2.28. The summed E-state index contributed by atoms with van der Waals surface area (Å²) >= 11 is 1.77. The fourth-order valence-electron chi connectivity index (χ4n) is 1.60. The van der Waals surface area contributed by atoms with Crippen LogP contribution in [-0.2, 0) is 10.4 Å². The maximum absolute atomic E-state index is 5.46. The van der Waals surface area contributed by atoms with E-state index in [4.69, 9.17) is 4.84 Å². The lowest BCUT2D eigenvalue weighted by molar-refractivity contribution is -0.00311. The highest BCUT2D eigenvalue weighted by molar-refractivity contribution is 7.98. The largest absolute Gasteiger partial charge is 0.383 e. The summed E-state index contributed by atoms with van der Waals surface area (Å²) in [7, 11) is 0. The Bertz CT molecular complexity index is 315. The van der Waals surface area contributed by atoms with E-state index in [-0.39, 0.29) is 5.60 Å². The molecule has 0 spiro atoms. The minimum absolute atomic E-state index is 0.277. The predicted molar refractivity (Wildman–Crippen MR) is 59.6 cm³/mol. The highest BCUT2D eigenvalue weighted by Crippen LogP contribution is 2.35. The second-order valence-corrected chi connectivity index (χ2v) is 4.18. The van der Waals surface area contributed by atoms with E-state index >= 15 is 0 Å². The van der Waals surface area contributed by atoms with Crippen LogP contribution in [0.2, 0.25) is 0 Å². The molecule has 3 heteroatoms. The van der Waals surface area contributed by atoms with E-state index in [1.165, 1.54) is 5.56 Å². The molecule has 2 rings (SSSR count). The van der Waals surface area contributed by atoms with Gasteiger partial charge in [0.1, 0.15) is 6.21 Å². The standard InChI is InChI=1S/C11H12NOS/c1-14-9-11(7-8-12-13-11)10-5-3-2-4-6-10/h2-6H,7,9H2,1H3. The van der Waals surface area contributed by atoms with Crippen LogP contribution in [0.3, 0.4) is 0 Å². The Morgan fingerprint density at radius 1 is 1.50 bits per heavy atom. The third kappa shape index (κ3) is 1.64. The highest BCUT2D eigenvalue weighted by atomic mass is 32.2. The lowest BCUT2D eigenvalue weighted by Gasteiger charge is -2.25. The van der Waals surface area contributed by atoms with Gasteiger partial charge in [0.15, 0.2) is 5.60 Å². The zero-order chi connectivity index (χ0) is 9.86. The van der Waals surface area contributed by atoms with Gasteiger partial charge in [-0.2, -0.15) is 11.8 Å². The van der Waals surface area contributed by atoms with Crippen LogP contribution in [0.4, 0.5) is 0 Å². The smallest absolute Gasteiger partial charge is 0.177 e. The SMILES string of the molecule is CSCC1(c2ccccc2)C[C]=NO1. The lowest BCUT2D eigenvalue weighted by atomic mass is 9.93. The summed E-state index contributed by atoms with van der Waals surface area (Å²) in [5.74, 6) is 0.910. The Kier molecular flexibility index (Phi) is 2.77. The van der Waals surface area contributed by atoms with E-state index in [1.54, 1.807) is 11.8 Å². The van der Waals surface area contributed by atoms with Crippen molar-refractivity contribution in [2.45, 2.75) is 12.0 Å². The van der Waals surface area contributed by atoms with Crippen LogP contribution >= 0.6 is 11.8 Å². The van der Waals surface area contributed by atoms with Crippen molar-refractivity contribution in [2.24, 2.45) is 5.16 Å². The summed E-state index contributed by atoms with van der Waals surface area (Å²) in [5.41, 5.74) is 0.906. The van der Waals surface area contributed by atoms with Gasteiger partial charge in [0.2, 0.25) is 0 Å². The summed E-state index contributed by atoms with van der Waals surface area (Å²) < 4.78 is 0. The molecule has 0 N–H and O–H groups in total. The van der Waals surface area contributed by atoms with Crippen LogP contribution in [0.15, 0.2) is 35.5 Å². The Labute approximate surface area is 88.3 Å². The number of rotatable bonds is 3. The topological polar surface area (TPSA) is 21.6 Å². The van der Waals surface area contributed by atoms with Crippen molar-refractivity contribution >= 4 is 18.0 Å². The first-order valence-electron chi connectivity index (χ1n) is 4.53. The summed E-state index contributed by atoms with van der Waals surface area (Å²) in [6.45, 7) is 0.